The second kappa shape index (κ2) is 2.48. The maximum absolute atomic E-state index is 10.0. The number of fused-ring (bicyclic) bond motifs is 2. The fourth-order valence-electron chi connectivity index (χ4n) is 3.48. The molecule has 2 nitrogen and oxygen atoms in total. The van der Waals surface area contributed by atoms with Crippen molar-refractivity contribution in [2.75, 3.05) is 0 Å². The highest BCUT2D eigenvalue weighted by Gasteiger charge is 2.60. The second-order valence-corrected chi connectivity index (χ2v) is 5.60. The molecule has 2 aliphatic rings. The van der Waals surface area contributed by atoms with Crippen LogP contribution in [0.5, 0.6) is 0 Å². The molecule has 2 aliphatic carbocycles. The molecule has 76 valence electrons. The SMILES string of the molecule is CC1(C)[C@@H]2CC[C@@]1(C)[C@@H](O)C[C@H]2O. The molecular formula is C11H20O2. The summed E-state index contributed by atoms with van der Waals surface area (Å²) in [5.41, 5.74) is 0.112. The van der Waals surface area contributed by atoms with Crippen LogP contribution < -0.4 is 0 Å². The molecule has 4 atom stereocenters. The van der Waals surface area contributed by atoms with E-state index in [-0.39, 0.29) is 23.0 Å². The topological polar surface area (TPSA) is 40.5 Å². The van der Waals surface area contributed by atoms with Crippen LogP contribution in [0.1, 0.15) is 40.0 Å². The molecule has 0 heterocycles. The molecule has 2 fully saturated rings. The van der Waals surface area contributed by atoms with Gasteiger partial charge in [0.05, 0.1) is 12.2 Å². The molecule has 0 aliphatic heterocycles. The van der Waals surface area contributed by atoms with Crippen LogP contribution in [0.25, 0.3) is 0 Å². The Morgan fingerprint density at radius 2 is 1.77 bits per heavy atom. The Balaban J connectivity index is 2.39. The maximum Gasteiger partial charge on any atom is 0.0623 e. The predicted molar refractivity (Wildman–Crippen MR) is 51.2 cm³/mol. The molecule has 2 bridgehead atoms. The van der Waals surface area contributed by atoms with Crippen LogP contribution >= 0.6 is 0 Å². The minimum Gasteiger partial charge on any atom is -0.393 e. The zero-order chi connectivity index (χ0) is 9.85. The quantitative estimate of drug-likeness (QED) is 0.599. The zero-order valence-electron chi connectivity index (χ0n) is 8.75. The monoisotopic (exact) mass is 184 g/mol. The predicted octanol–water partition coefficient (Wildman–Crippen LogP) is 1.55. The van der Waals surface area contributed by atoms with Gasteiger partial charge in [-0.25, -0.2) is 0 Å². The van der Waals surface area contributed by atoms with E-state index in [4.69, 9.17) is 0 Å². The summed E-state index contributed by atoms with van der Waals surface area (Å²) < 4.78 is 0. The zero-order valence-corrected chi connectivity index (χ0v) is 8.75. The van der Waals surface area contributed by atoms with E-state index >= 15 is 0 Å². The summed E-state index contributed by atoms with van der Waals surface area (Å²) in [6, 6.07) is 0. The van der Waals surface area contributed by atoms with E-state index < -0.39 is 0 Å². The molecule has 2 heteroatoms. The number of aliphatic hydroxyl groups excluding tert-OH is 2. The van der Waals surface area contributed by atoms with Crippen LogP contribution in [-0.2, 0) is 0 Å². The van der Waals surface area contributed by atoms with Crippen molar-refractivity contribution in [3.8, 4) is 0 Å². The lowest BCUT2D eigenvalue weighted by atomic mass is 9.57. The summed E-state index contributed by atoms with van der Waals surface area (Å²) in [5, 5.41) is 19.9. The second-order valence-electron chi connectivity index (χ2n) is 5.60. The van der Waals surface area contributed by atoms with Gasteiger partial charge in [-0.3, -0.25) is 0 Å². The van der Waals surface area contributed by atoms with Crippen LogP contribution in [0.15, 0.2) is 0 Å². The summed E-state index contributed by atoms with van der Waals surface area (Å²) in [4.78, 5) is 0. The molecule has 0 saturated heterocycles. The van der Waals surface area contributed by atoms with Gasteiger partial charge in [-0.1, -0.05) is 20.8 Å². The van der Waals surface area contributed by atoms with Crippen LogP contribution in [0.3, 0.4) is 0 Å². The molecule has 13 heavy (non-hydrogen) atoms. The fourth-order valence-corrected chi connectivity index (χ4v) is 3.48. The standard InChI is InChI=1S/C11H20O2/c1-10(2)7-4-5-11(10,3)9(13)6-8(7)12/h7-9,12-13H,4-6H2,1-3H3/t7-,8-,9+,11+/m1/s1. The van der Waals surface area contributed by atoms with E-state index in [1.165, 1.54) is 0 Å². The van der Waals surface area contributed by atoms with Gasteiger partial charge in [-0.05, 0) is 29.6 Å². The molecule has 0 spiro atoms. The van der Waals surface area contributed by atoms with Crippen molar-refractivity contribution >= 4 is 0 Å². The first-order chi connectivity index (χ1) is 5.89. The molecule has 0 aromatic carbocycles. The van der Waals surface area contributed by atoms with Crippen LogP contribution in [0.4, 0.5) is 0 Å². The molecule has 2 rings (SSSR count). The van der Waals surface area contributed by atoms with E-state index in [9.17, 15) is 10.2 Å². The molecule has 0 unspecified atom stereocenters. The Morgan fingerprint density at radius 3 is 2.38 bits per heavy atom. The third-order valence-electron chi connectivity index (χ3n) is 5.04. The van der Waals surface area contributed by atoms with E-state index in [0.717, 1.165) is 12.8 Å². The van der Waals surface area contributed by atoms with Crippen molar-refractivity contribution in [2.45, 2.75) is 52.2 Å². The van der Waals surface area contributed by atoms with Gasteiger partial charge in [-0.15, -0.1) is 0 Å². The van der Waals surface area contributed by atoms with Crippen molar-refractivity contribution < 1.29 is 10.2 Å². The van der Waals surface area contributed by atoms with Crippen molar-refractivity contribution in [3.63, 3.8) is 0 Å². The van der Waals surface area contributed by atoms with E-state index in [0.29, 0.717) is 12.3 Å². The minimum atomic E-state index is -0.323. The lowest BCUT2D eigenvalue weighted by Crippen LogP contribution is -2.52. The van der Waals surface area contributed by atoms with Crippen molar-refractivity contribution in [1.82, 2.24) is 0 Å². The van der Waals surface area contributed by atoms with Gasteiger partial charge in [0.1, 0.15) is 0 Å². The Hall–Kier alpha value is -0.0800. The smallest absolute Gasteiger partial charge is 0.0623 e. The Bertz CT molecular complexity index is 224. The third kappa shape index (κ3) is 0.962. The third-order valence-corrected chi connectivity index (χ3v) is 5.04. The first kappa shape index (κ1) is 9.47. The summed E-state index contributed by atoms with van der Waals surface area (Å²) in [5.74, 6) is 0.390. The summed E-state index contributed by atoms with van der Waals surface area (Å²) in [6.45, 7) is 6.55. The largest absolute Gasteiger partial charge is 0.393 e. The van der Waals surface area contributed by atoms with E-state index in [1.54, 1.807) is 0 Å². The van der Waals surface area contributed by atoms with Crippen molar-refractivity contribution in [3.05, 3.63) is 0 Å². The molecule has 2 saturated carbocycles. The molecular weight excluding hydrogens is 164 g/mol. The molecule has 2 N–H and O–H groups in total. The lowest BCUT2D eigenvalue weighted by Gasteiger charge is -2.50. The maximum atomic E-state index is 10.0. The van der Waals surface area contributed by atoms with Crippen LogP contribution in [0, 0.1) is 16.7 Å². The van der Waals surface area contributed by atoms with E-state index in [2.05, 4.69) is 20.8 Å². The minimum absolute atomic E-state index is 0.0247. The van der Waals surface area contributed by atoms with Crippen molar-refractivity contribution in [2.24, 2.45) is 16.7 Å². The first-order valence-electron chi connectivity index (χ1n) is 5.26. The average Bonchev–Trinajstić information content (AvgIpc) is 2.16. The highest BCUT2D eigenvalue weighted by Crippen LogP contribution is 2.62. The van der Waals surface area contributed by atoms with Gasteiger partial charge in [-0.2, -0.15) is 0 Å². The lowest BCUT2D eigenvalue weighted by molar-refractivity contribution is -0.126. The highest BCUT2D eigenvalue weighted by atomic mass is 16.3. The number of rotatable bonds is 0. The summed E-state index contributed by atoms with van der Waals surface area (Å²) >= 11 is 0. The van der Waals surface area contributed by atoms with Gasteiger partial charge in [0.15, 0.2) is 0 Å². The van der Waals surface area contributed by atoms with Gasteiger partial charge in [0, 0.05) is 6.42 Å². The summed E-state index contributed by atoms with van der Waals surface area (Å²) in [6.07, 6.45) is 2.09. The Kier molecular flexibility index (Phi) is 1.81. The van der Waals surface area contributed by atoms with Crippen LogP contribution in [0.2, 0.25) is 0 Å². The first-order valence-corrected chi connectivity index (χ1v) is 5.26. The summed E-state index contributed by atoms with van der Waals surface area (Å²) in [7, 11) is 0. The van der Waals surface area contributed by atoms with Gasteiger partial charge < -0.3 is 10.2 Å². The molecule has 0 amide bonds. The Morgan fingerprint density at radius 1 is 1.15 bits per heavy atom. The number of hydrogen-bond acceptors (Lipinski definition) is 2. The number of hydrogen-bond donors (Lipinski definition) is 2. The fraction of sp³-hybridized carbons (Fsp3) is 1.00. The van der Waals surface area contributed by atoms with Gasteiger partial charge >= 0.3 is 0 Å². The average molecular weight is 184 g/mol. The molecule has 0 aromatic heterocycles. The molecule has 0 radical (unpaired) electrons. The van der Waals surface area contributed by atoms with Gasteiger partial charge in [0.25, 0.3) is 0 Å². The number of aliphatic hydroxyl groups is 2. The van der Waals surface area contributed by atoms with Gasteiger partial charge in [0.2, 0.25) is 0 Å². The normalized spacial score (nSPS) is 53.8. The van der Waals surface area contributed by atoms with Crippen LogP contribution in [-0.4, -0.2) is 22.4 Å². The van der Waals surface area contributed by atoms with Crippen molar-refractivity contribution in [1.29, 1.82) is 0 Å². The van der Waals surface area contributed by atoms with E-state index in [1.807, 2.05) is 0 Å². The highest BCUT2D eigenvalue weighted by molar-refractivity contribution is 5.09. The molecule has 0 aromatic rings. The Labute approximate surface area is 80.0 Å².